The highest BCUT2D eigenvalue weighted by Gasteiger charge is 2.26. The van der Waals surface area contributed by atoms with E-state index in [1.165, 1.54) is 12.3 Å². The van der Waals surface area contributed by atoms with Gasteiger partial charge >= 0.3 is 0 Å². The summed E-state index contributed by atoms with van der Waals surface area (Å²) in [6.45, 7) is 0. The number of primary sulfonamides is 1. The Bertz CT molecular complexity index is 1250. The SMILES string of the molecule is N#CCC(=O)Nc1cnc(-c2ccc(S(N)(=O)=O)s2)nc1Nc1cc(C2CC2)[nH]n1. The molecular weight excluding hydrogens is 428 g/mol. The minimum Gasteiger partial charge on any atom is -0.322 e. The Morgan fingerprint density at radius 3 is 2.87 bits per heavy atom. The molecule has 1 amide bonds. The zero-order chi connectivity index (χ0) is 21.3. The first kappa shape index (κ1) is 20.0. The van der Waals surface area contributed by atoms with Crippen molar-refractivity contribution in [3.63, 3.8) is 0 Å². The number of nitrogens with two attached hydrogens (primary N) is 1. The number of sulfonamides is 1. The number of rotatable bonds is 7. The highest BCUT2D eigenvalue weighted by molar-refractivity contribution is 7.91. The number of amides is 1. The molecule has 3 aromatic rings. The van der Waals surface area contributed by atoms with Crippen LogP contribution in [0.1, 0.15) is 30.9 Å². The van der Waals surface area contributed by atoms with Gasteiger partial charge in [0.15, 0.2) is 17.5 Å². The number of aromatic amines is 1. The molecule has 0 radical (unpaired) electrons. The van der Waals surface area contributed by atoms with E-state index in [1.807, 2.05) is 6.07 Å². The monoisotopic (exact) mass is 444 g/mol. The number of nitrogens with zero attached hydrogens (tertiary/aromatic N) is 4. The summed E-state index contributed by atoms with van der Waals surface area (Å²) in [6, 6.07) is 6.57. The van der Waals surface area contributed by atoms with Crippen LogP contribution >= 0.6 is 11.3 Å². The van der Waals surface area contributed by atoms with Crippen molar-refractivity contribution in [2.24, 2.45) is 5.14 Å². The third-order valence-corrected chi connectivity index (χ3v) is 6.77. The molecule has 1 aliphatic carbocycles. The van der Waals surface area contributed by atoms with Gasteiger partial charge in [-0.2, -0.15) is 10.4 Å². The van der Waals surface area contributed by atoms with E-state index in [9.17, 15) is 13.2 Å². The van der Waals surface area contributed by atoms with Gasteiger partial charge in [-0.1, -0.05) is 0 Å². The smallest absolute Gasteiger partial charge is 0.247 e. The summed E-state index contributed by atoms with van der Waals surface area (Å²) in [5.74, 6) is 0.977. The zero-order valence-electron chi connectivity index (χ0n) is 15.4. The molecule has 1 fully saturated rings. The topological polar surface area (TPSA) is 180 Å². The van der Waals surface area contributed by atoms with Crippen LogP contribution < -0.4 is 15.8 Å². The van der Waals surface area contributed by atoms with Crippen LogP contribution in [0.2, 0.25) is 0 Å². The van der Waals surface area contributed by atoms with Crippen molar-refractivity contribution in [3.8, 4) is 16.8 Å². The molecule has 1 saturated carbocycles. The largest absolute Gasteiger partial charge is 0.322 e. The average molecular weight is 445 g/mol. The van der Waals surface area contributed by atoms with Crippen LogP contribution in [0.25, 0.3) is 10.7 Å². The highest BCUT2D eigenvalue weighted by Crippen LogP contribution is 2.40. The second-order valence-electron chi connectivity index (χ2n) is 6.61. The lowest BCUT2D eigenvalue weighted by Gasteiger charge is -2.11. The number of aromatic nitrogens is 4. The predicted octanol–water partition coefficient (Wildman–Crippen LogP) is 2.05. The Kier molecular flexibility index (Phi) is 5.20. The Labute approximate surface area is 175 Å². The van der Waals surface area contributed by atoms with Gasteiger partial charge in [0.25, 0.3) is 0 Å². The van der Waals surface area contributed by atoms with Gasteiger partial charge in [-0.25, -0.2) is 23.5 Å². The molecule has 0 atom stereocenters. The molecule has 5 N–H and O–H groups in total. The van der Waals surface area contributed by atoms with Crippen molar-refractivity contribution >= 4 is 44.6 Å². The number of carbonyl (C=O) groups excluding carboxylic acids is 1. The van der Waals surface area contributed by atoms with Gasteiger partial charge in [-0.05, 0) is 25.0 Å². The number of nitriles is 1. The molecule has 4 rings (SSSR count). The van der Waals surface area contributed by atoms with Crippen LogP contribution in [0.4, 0.5) is 17.3 Å². The van der Waals surface area contributed by atoms with Crippen LogP contribution in [-0.4, -0.2) is 34.5 Å². The van der Waals surface area contributed by atoms with Gasteiger partial charge in [0.2, 0.25) is 15.9 Å². The molecule has 0 aromatic carbocycles. The lowest BCUT2D eigenvalue weighted by molar-refractivity contribution is -0.115. The van der Waals surface area contributed by atoms with Crippen molar-refractivity contribution in [2.45, 2.75) is 29.4 Å². The molecular formula is C17H16N8O3S2. The third kappa shape index (κ3) is 4.46. The van der Waals surface area contributed by atoms with Gasteiger partial charge < -0.3 is 10.6 Å². The van der Waals surface area contributed by atoms with Crippen LogP contribution in [0.3, 0.4) is 0 Å². The van der Waals surface area contributed by atoms with Crippen molar-refractivity contribution < 1.29 is 13.2 Å². The van der Waals surface area contributed by atoms with Gasteiger partial charge in [0, 0.05) is 17.7 Å². The quantitative estimate of drug-likeness (QED) is 0.427. The Morgan fingerprint density at radius 1 is 1.40 bits per heavy atom. The Balaban J connectivity index is 1.67. The number of hydrogen-bond acceptors (Lipinski definition) is 9. The van der Waals surface area contributed by atoms with Crippen LogP contribution in [-0.2, 0) is 14.8 Å². The second-order valence-corrected chi connectivity index (χ2v) is 9.48. The minimum absolute atomic E-state index is 0.0108. The number of thiophene rings is 1. The first-order chi connectivity index (χ1) is 14.3. The third-order valence-electron chi connectivity index (χ3n) is 4.25. The van der Waals surface area contributed by atoms with E-state index in [2.05, 4.69) is 30.8 Å². The minimum atomic E-state index is -3.83. The Morgan fingerprint density at radius 2 is 2.20 bits per heavy atom. The zero-order valence-corrected chi connectivity index (χ0v) is 17.0. The molecule has 0 aliphatic heterocycles. The molecule has 0 unspecified atom stereocenters. The van der Waals surface area contributed by atoms with Gasteiger partial charge in [0.1, 0.15) is 16.3 Å². The first-order valence-corrected chi connectivity index (χ1v) is 11.2. The molecule has 154 valence electrons. The van der Waals surface area contributed by atoms with E-state index in [-0.39, 0.29) is 28.0 Å². The maximum atomic E-state index is 11.9. The van der Waals surface area contributed by atoms with E-state index in [4.69, 9.17) is 10.4 Å². The normalized spacial score (nSPS) is 13.6. The van der Waals surface area contributed by atoms with Crippen LogP contribution in [0, 0.1) is 11.3 Å². The number of nitrogens with one attached hydrogen (secondary N) is 3. The van der Waals surface area contributed by atoms with Crippen molar-refractivity contribution in [3.05, 3.63) is 30.1 Å². The lowest BCUT2D eigenvalue weighted by Crippen LogP contribution is -2.13. The molecule has 3 heterocycles. The average Bonchev–Trinajstić information content (AvgIpc) is 3.22. The van der Waals surface area contributed by atoms with Gasteiger partial charge in [-0.3, -0.25) is 9.89 Å². The fraction of sp³-hybridized carbons (Fsp3) is 0.235. The van der Waals surface area contributed by atoms with Crippen molar-refractivity contribution in [1.29, 1.82) is 5.26 Å². The number of H-pyrrole nitrogens is 1. The van der Waals surface area contributed by atoms with E-state index < -0.39 is 15.9 Å². The van der Waals surface area contributed by atoms with E-state index in [1.54, 1.807) is 12.1 Å². The maximum absolute atomic E-state index is 11.9. The summed E-state index contributed by atoms with van der Waals surface area (Å²) in [5.41, 5.74) is 1.27. The van der Waals surface area contributed by atoms with E-state index >= 15 is 0 Å². The molecule has 0 saturated heterocycles. The summed E-state index contributed by atoms with van der Waals surface area (Å²) >= 11 is 0.934. The van der Waals surface area contributed by atoms with Crippen LogP contribution in [0.5, 0.6) is 0 Å². The molecule has 3 aromatic heterocycles. The summed E-state index contributed by atoms with van der Waals surface area (Å²) in [5, 5.41) is 26.7. The second kappa shape index (κ2) is 7.82. The first-order valence-electron chi connectivity index (χ1n) is 8.82. The molecule has 11 nitrogen and oxygen atoms in total. The molecule has 1 aliphatic rings. The van der Waals surface area contributed by atoms with E-state index in [0.717, 1.165) is 29.9 Å². The fourth-order valence-electron chi connectivity index (χ4n) is 2.67. The molecule has 0 spiro atoms. The highest BCUT2D eigenvalue weighted by atomic mass is 32.2. The predicted molar refractivity (Wildman–Crippen MR) is 109 cm³/mol. The van der Waals surface area contributed by atoms with E-state index in [0.29, 0.717) is 16.6 Å². The summed E-state index contributed by atoms with van der Waals surface area (Å²) in [4.78, 5) is 21.0. The molecule has 30 heavy (non-hydrogen) atoms. The molecule has 0 bridgehead atoms. The van der Waals surface area contributed by atoms with Crippen molar-refractivity contribution in [2.75, 3.05) is 10.6 Å². The number of carbonyl (C=O) groups is 1. The summed E-state index contributed by atoms with van der Waals surface area (Å²) in [6.07, 6.45) is 3.28. The standard InChI is InChI=1S/C17H16N8O3S2/c18-6-5-14(26)21-11-8-20-17(12-3-4-15(29-12)30(19,27)28)23-16(11)22-13-7-10(24-25-13)9-1-2-9/h3-4,7-9H,1-2,5H2,(H,21,26)(H2,19,27,28)(H2,20,22,23,24,25). The molecule has 13 heteroatoms. The fourth-order valence-corrected chi connectivity index (χ4v) is 4.34. The summed E-state index contributed by atoms with van der Waals surface area (Å²) < 4.78 is 23.1. The number of anilines is 3. The van der Waals surface area contributed by atoms with Crippen LogP contribution in [0.15, 0.2) is 28.6 Å². The summed E-state index contributed by atoms with van der Waals surface area (Å²) in [7, 11) is -3.83. The number of hydrogen-bond donors (Lipinski definition) is 4. The Hall–Kier alpha value is -3.34. The van der Waals surface area contributed by atoms with Gasteiger partial charge in [-0.15, -0.1) is 11.3 Å². The van der Waals surface area contributed by atoms with Crippen molar-refractivity contribution in [1.82, 2.24) is 20.2 Å². The van der Waals surface area contributed by atoms with Gasteiger partial charge in [0.05, 0.1) is 17.1 Å². The lowest BCUT2D eigenvalue weighted by atomic mass is 10.3. The maximum Gasteiger partial charge on any atom is 0.247 e.